The van der Waals surface area contributed by atoms with Crippen LogP contribution in [0.25, 0.3) is 10.2 Å². The maximum atomic E-state index is 13.3. The molecule has 0 aliphatic carbocycles. The van der Waals surface area contributed by atoms with Gasteiger partial charge in [-0.1, -0.05) is 41.7 Å². The number of piperidine rings is 1. The molecular weight excluding hydrogens is 514 g/mol. The number of rotatable bonds is 4. The molecule has 2 aromatic carbocycles. The largest absolute Gasteiger partial charge is 0.491 e. The number of hydrogen-bond acceptors (Lipinski definition) is 7. The summed E-state index contributed by atoms with van der Waals surface area (Å²) in [6, 6.07) is 13.5. The summed E-state index contributed by atoms with van der Waals surface area (Å²) in [5.74, 6) is 0.645. The lowest BCUT2D eigenvalue weighted by molar-refractivity contribution is -0.134. The summed E-state index contributed by atoms with van der Waals surface area (Å²) in [6.07, 6.45) is 7.04. The minimum absolute atomic E-state index is 0.0572. The van der Waals surface area contributed by atoms with Crippen molar-refractivity contribution in [2.45, 2.75) is 32.6 Å². The van der Waals surface area contributed by atoms with Gasteiger partial charge in [0.25, 0.3) is 0 Å². The number of anilines is 2. The minimum atomic E-state index is -0.485. The average Bonchev–Trinajstić information content (AvgIpc) is 3.31. The van der Waals surface area contributed by atoms with Crippen molar-refractivity contribution >= 4 is 50.1 Å². The number of hydrogen-bond donors (Lipinski definition) is 3. The summed E-state index contributed by atoms with van der Waals surface area (Å²) in [5.41, 5.74) is 2.11. The maximum absolute atomic E-state index is 13.3. The molecule has 3 heterocycles. The molecule has 1 aromatic heterocycles. The number of allylic oxidation sites excluding steroid dienone is 2. The first-order chi connectivity index (χ1) is 18.9. The highest BCUT2D eigenvalue weighted by molar-refractivity contribution is 7.22. The molecule has 1 fully saturated rings. The molecule has 1 saturated heterocycles. The predicted octanol–water partition coefficient (Wildman–Crippen LogP) is 3.97. The number of benzene rings is 2. The Hall–Kier alpha value is -3.76. The SMILES string of the molecule is CC(=O)Nc1ccc2nc(NC(=O)CN3CCC4(C/C=C/Cc5ccccc5OCCNC4=O)CC3)sc2c1. The van der Waals surface area contributed by atoms with Crippen molar-refractivity contribution in [2.24, 2.45) is 5.41 Å². The van der Waals surface area contributed by atoms with E-state index in [-0.39, 0.29) is 24.3 Å². The monoisotopic (exact) mass is 547 g/mol. The summed E-state index contributed by atoms with van der Waals surface area (Å²) in [5, 5.41) is 9.27. The van der Waals surface area contributed by atoms with Crippen LogP contribution in [0.5, 0.6) is 5.75 Å². The lowest BCUT2D eigenvalue weighted by atomic mass is 9.74. The van der Waals surface area contributed by atoms with Gasteiger partial charge in [0.05, 0.1) is 28.7 Å². The number of nitrogens with zero attached hydrogens (tertiary/aromatic N) is 2. The van der Waals surface area contributed by atoms with E-state index in [0.717, 1.165) is 28.0 Å². The number of likely N-dealkylation sites (tertiary alicyclic amines) is 1. The van der Waals surface area contributed by atoms with E-state index >= 15 is 0 Å². The van der Waals surface area contributed by atoms with Gasteiger partial charge in [-0.25, -0.2) is 4.98 Å². The van der Waals surface area contributed by atoms with Crippen LogP contribution in [0.1, 0.15) is 31.7 Å². The molecular formula is C29H33N5O4S. The fourth-order valence-corrected chi connectivity index (χ4v) is 6.05. The molecule has 9 nitrogen and oxygen atoms in total. The van der Waals surface area contributed by atoms with Crippen LogP contribution in [0.2, 0.25) is 0 Å². The molecule has 39 heavy (non-hydrogen) atoms. The Morgan fingerprint density at radius 2 is 1.95 bits per heavy atom. The Morgan fingerprint density at radius 3 is 2.77 bits per heavy atom. The van der Waals surface area contributed by atoms with Gasteiger partial charge in [0.1, 0.15) is 12.4 Å². The summed E-state index contributed by atoms with van der Waals surface area (Å²) in [6.45, 7) is 3.91. The van der Waals surface area contributed by atoms with Crippen LogP contribution in [0, 0.1) is 5.41 Å². The van der Waals surface area contributed by atoms with Crippen LogP contribution in [0.4, 0.5) is 10.8 Å². The molecule has 3 amide bonds. The van der Waals surface area contributed by atoms with E-state index in [0.29, 0.717) is 56.3 Å². The van der Waals surface area contributed by atoms with Crippen molar-refractivity contribution in [3.63, 3.8) is 0 Å². The lowest BCUT2D eigenvalue weighted by Crippen LogP contribution is -2.50. The van der Waals surface area contributed by atoms with E-state index in [2.05, 4.69) is 44.1 Å². The van der Waals surface area contributed by atoms with E-state index in [4.69, 9.17) is 4.74 Å². The number of amides is 3. The van der Waals surface area contributed by atoms with E-state index in [1.54, 1.807) is 6.07 Å². The Kier molecular flexibility index (Phi) is 8.23. The van der Waals surface area contributed by atoms with Gasteiger partial charge in [-0.05, 0) is 68.6 Å². The van der Waals surface area contributed by atoms with Crippen LogP contribution < -0.4 is 20.7 Å². The number of carbonyl (C=O) groups is 3. The van der Waals surface area contributed by atoms with Crippen molar-refractivity contribution in [3.05, 3.63) is 60.2 Å². The highest BCUT2D eigenvalue weighted by atomic mass is 32.1. The van der Waals surface area contributed by atoms with Crippen molar-refractivity contribution in [3.8, 4) is 5.75 Å². The molecule has 3 aromatic rings. The van der Waals surface area contributed by atoms with Crippen molar-refractivity contribution in [2.75, 3.05) is 43.4 Å². The Bertz CT molecular complexity index is 1390. The number of para-hydroxylation sites is 1. The van der Waals surface area contributed by atoms with Gasteiger partial charge in [-0.2, -0.15) is 0 Å². The van der Waals surface area contributed by atoms with Gasteiger partial charge >= 0.3 is 0 Å². The number of aromatic nitrogens is 1. The van der Waals surface area contributed by atoms with Crippen molar-refractivity contribution in [1.82, 2.24) is 15.2 Å². The second-order valence-corrected chi connectivity index (χ2v) is 11.1. The minimum Gasteiger partial charge on any atom is -0.491 e. The smallest absolute Gasteiger partial charge is 0.240 e. The molecule has 1 spiro atoms. The first-order valence-corrected chi connectivity index (χ1v) is 14.1. The van der Waals surface area contributed by atoms with Crippen molar-refractivity contribution < 1.29 is 19.1 Å². The molecule has 2 aliphatic heterocycles. The van der Waals surface area contributed by atoms with Crippen LogP contribution in [0.3, 0.4) is 0 Å². The molecule has 3 N–H and O–H groups in total. The third-order valence-corrected chi connectivity index (χ3v) is 8.18. The van der Waals surface area contributed by atoms with Crippen LogP contribution in [-0.4, -0.2) is 60.4 Å². The lowest BCUT2D eigenvalue weighted by Gasteiger charge is -2.40. The number of ether oxygens (including phenoxy) is 1. The van der Waals surface area contributed by atoms with Gasteiger partial charge in [-0.3, -0.25) is 19.3 Å². The quantitative estimate of drug-likeness (QED) is 0.426. The fraction of sp³-hybridized carbons (Fsp3) is 0.379. The highest BCUT2D eigenvalue weighted by Crippen LogP contribution is 2.36. The van der Waals surface area contributed by atoms with E-state index in [9.17, 15) is 14.4 Å². The zero-order valence-corrected chi connectivity index (χ0v) is 22.8. The topological polar surface area (TPSA) is 113 Å². The molecule has 2 aliphatic rings. The molecule has 0 unspecified atom stereocenters. The van der Waals surface area contributed by atoms with Gasteiger partial charge in [0, 0.05) is 12.6 Å². The van der Waals surface area contributed by atoms with E-state index in [1.807, 2.05) is 30.3 Å². The van der Waals surface area contributed by atoms with Gasteiger partial charge in [0.2, 0.25) is 17.7 Å². The Balaban J connectivity index is 1.17. The van der Waals surface area contributed by atoms with Crippen molar-refractivity contribution in [1.29, 1.82) is 0 Å². The van der Waals surface area contributed by atoms with Gasteiger partial charge < -0.3 is 20.7 Å². The molecule has 204 valence electrons. The Morgan fingerprint density at radius 1 is 1.13 bits per heavy atom. The summed E-state index contributed by atoms with van der Waals surface area (Å²) in [7, 11) is 0. The number of carbonyl (C=O) groups excluding carboxylic acids is 3. The van der Waals surface area contributed by atoms with Gasteiger partial charge in [-0.15, -0.1) is 0 Å². The molecule has 0 atom stereocenters. The van der Waals surface area contributed by atoms with Crippen LogP contribution in [-0.2, 0) is 20.8 Å². The normalized spacial score (nSPS) is 18.6. The molecule has 0 radical (unpaired) electrons. The number of fused-ring (bicyclic) bond motifs is 2. The van der Waals surface area contributed by atoms with E-state index < -0.39 is 5.41 Å². The second kappa shape index (κ2) is 12.0. The predicted molar refractivity (Wildman–Crippen MR) is 153 cm³/mol. The summed E-state index contributed by atoms with van der Waals surface area (Å²) >= 11 is 1.37. The third-order valence-electron chi connectivity index (χ3n) is 7.25. The van der Waals surface area contributed by atoms with Crippen LogP contribution in [0.15, 0.2) is 54.6 Å². The molecule has 10 heteroatoms. The number of nitrogens with one attached hydrogen (secondary N) is 3. The standard InChI is InChI=1S/C29H33N5O4S/c1-20(35)31-22-9-10-23-25(18-22)39-28(32-23)33-26(36)19-34-15-12-29(13-16-34)11-5-4-7-21-6-2-3-8-24(21)38-17-14-30-27(29)37/h2-6,8-10,18H,7,11-17,19H2,1H3,(H,30,37)(H,31,35)(H,32,33,36)/b5-4+. The first kappa shape index (κ1) is 26.8. The zero-order valence-electron chi connectivity index (χ0n) is 22.0. The molecule has 0 bridgehead atoms. The molecule has 0 saturated carbocycles. The highest BCUT2D eigenvalue weighted by Gasteiger charge is 2.40. The Labute approximate surface area is 231 Å². The maximum Gasteiger partial charge on any atom is 0.240 e. The third kappa shape index (κ3) is 6.63. The van der Waals surface area contributed by atoms with Gasteiger partial charge in [0.15, 0.2) is 5.13 Å². The second-order valence-electron chi connectivity index (χ2n) is 10.1. The first-order valence-electron chi connectivity index (χ1n) is 13.2. The van der Waals surface area contributed by atoms with E-state index in [1.165, 1.54) is 18.3 Å². The molecule has 5 rings (SSSR count). The fourth-order valence-electron chi connectivity index (χ4n) is 5.13. The van der Waals surface area contributed by atoms with Crippen LogP contribution >= 0.6 is 11.3 Å². The summed E-state index contributed by atoms with van der Waals surface area (Å²) < 4.78 is 6.79. The number of thiazole rings is 1. The zero-order chi connectivity index (χ0) is 27.2. The summed E-state index contributed by atoms with van der Waals surface area (Å²) in [4.78, 5) is 44.0. The average molecular weight is 548 g/mol.